The minimum atomic E-state index is -2.83. The van der Waals surface area contributed by atoms with Gasteiger partial charge < -0.3 is 26.8 Å². The van der Waals surface area contributed by atoms with Crippen molar-refractivity contribution in [1.29, 1.82) is 5.26 Å². The molecule has 5 rings (SSSR count). The number of likely N-dealkylation sites (N-methyl/N-ethyl adjacent to an activating group) is 1. The van der Waals surface area contributed by atoms with Crippen molar-refractivity contribution in [2.24, 2.45) is 34.5 Å². The maximum absolute atomic E-state index is 14.3. The van der Waals surface area contributed by atoms with Crippen molar-refractivity contribution in [2.45, 2.75) is 36.4 Å². The third-order valence-electron chi connectivity index (χ3n) is 8.61. The summed E-state index contributed by atoms with van der Waals surface area (Å²) in [5.41, 5.74) is 12.0. The molecule has 0 bridgehead atoms. The Hall–Kier alpha value is -4.58. The number of carbonyl (C=O) groups is 6. The van der Waals surface area contributed by atoms with E-state index in [0.717, 1.165) is 0 Å². The fraction of sp³-hybridized carbons (Fsp3) is 0.407. The van der Waals surface area contributed by atoms with Crippen LogP contribution >= 0.6 is 0 Å². The van der Waals surface area contributed by atoms with Gasteiger partial charge >= 0.3 is 0 Å². The lowest BCUT2D eigenvalue weighted by Crippen LogP contribution is -2.85. The van der Waals surface area contributed by atoms with Gasteiger partial charge in [0.1, 0.15) is 11.7 Å². The molecule has 3 aliphatic carbocycles. The van der Waals surface area contributed by atoms with Crippen molar-refractivity contribution in [1.82, 2.24) is 10.1 Å². The van der Waals surface area contributed by atoms with Crippen LogP contribution in [-0.2, 0) is 32.0 Å². The van der Waals surface area contributed by atoms with Gasteiger partial charge in [0.25, 0.3) is 0 Å². The molecule has 2 fully saturated rings. The molecule has 1 aromatic heterocycles. The molecule has 3 aliphatic rings. The average Bonchev–Trinajstić information content (AvgIpc) is 3.40. The fourth-order valence-electron chi connectivity index (χ4n) is 7.00. The second-order valence-corrected chi connectivity index (χ2v) is 11.2. The fourth-order valence-corrected chi connectivity index (χ4v) is 7.00. The van der Waals surface area contributed by atoms with Gasteiger partial charge in [-0.25, -0.2) is 0 Å². The van der Waals surface area contributed by atoms with E-state index in [1.54, 1.807) is 6.07 Å². The zero-order valence-electron chi connectivity index (χ0n) is 22.0. The molecular weight excluding hydrogens is 536 g/mol. The second kappa shape index (κ2) is 8.96. The van der Waals surface area contributed by atoms with Gasteiger partial charge in [0, 0.05) is 23.6 Å². The van der Waals surface area contributed by atoms with E-state index in [9.17, 15) is 39.1 Å². The van der Waals surface area contributed by atoms with Crippen molar-refractivity contribution in [3.05, 3.63) is 46.8 Å². The summed E-state index contributed by atoms with van der Waals surface area (Å²) in [6.07, 6.45) is 0.197. The molecule has 7 N–H and O–H groups in total. The summed E-state index contributed by atoms with van der Waals surface area (Å²) < 4.78 is 4.85. The summed E-state index contributed by atoms with van der Waals surface area (Å²) in [4.78, 5) is 81.5. The van der Waals surface area contributed by atoms with Crippen LogP contribution in [0, 0.1) is 28.6 Å². The molecule has 41 heavy (non-hydrogen) atoms. The molecule has 2 aromatic rings. The van der Waals surface area contributed by atoms with Gasteiger partial charge in [-0.15, -0.1) is 0 Å². The van der Waals surface area contributed by atoms with Crippen molar-refractivity contribution < 1.29 is 38.4 Å². The molecule has 2 saturated carbocycles. The average molecular weight is 563 g/mol. The van der Waals surface area contributed by atoms with Crippen LogP contribution in [0.1, 0.15) is 38.5 Å². The maximum Gasteiger partial charge on any atom is 0.235 e. The molecule has 0 saturated heterocycles. The molecular formula is C27H26N6O8. The number of fused-ring (bicyclic) bond motifs is 3. The minimum Gasteiger partial charge on any atom is -0.507 e. The van der Waals surface area contributed by atoms with Crippen LogP contribution in [0.3, 0.4) is 0 Å². The first-order valence-electron chi connectivity index (χ1n) is 12.5. The number of aromatic nitrogens is 1. The Balaban J connectivity index is 1.66. The number of carbonyl (C=O) groups excluding carboxylic acids is 6. The molecule has 0 radical (unpaired) electrons. The van der Waals surface area contributed by atoms with Gasteiger partial charge in [-0.3, -0.25) is 33.7 Å². The predicted octanol–water partition coefficient (Wildman–Crippen LogP) is -1.78. The second-order valence-electron chi connectivity index (χ2n) is 11.2. The monoisotopic (exact) mass is 562 g/mol. The number of phenolic OH excluding ortho intramolecular Hbond substituents is 1. The summed E-state index contributed by atoms with van der Waals surface area (Å²) in [5, 5.41) is 25.0. The first-order valence-corrected chi connectivity index (χ1v) is 12.5. The van der Waals surface area contributed by atoms with Crippen LogP contribution in [0.25, 0.3) is 0 Å². The van der Waals surface area contributed by atoms with E-state index >= 15 is 0 Å². The molecule has 1 aromatic carbocycles. The Bertz CT molecular complexity index is 1610. The molecule has 0 spiro atoms. The lowest BCUT2D eigenvalue weighted by molar-refractivity contribution is -0.166. The van der Waals surface area contributed by atoms with Crippen LogP contribution in [-0.4, -0.2) is 81.2 Å². The lowest BCUT2D eigenvalue weighted by Gasteiger charge is -2.60. The minimum absolute atomic E-state index is 0.0512. The Morgan fingerprint density at radius 3 is 2.41 bits per heavy atom. The number of hydrogen-bond donors (Lipinski definition) is 4. The van der Waals surface area contributed by atoms with Crippen LogP contribution in [0.2, 0.25) is 0 Å². The quantitative estimate of drug-likeness (QED) is 0.232. The number of hydrogen-bond acceptors (Lipinski definition) is 13. The summed E-state index contributed by atoms with van der Waals surface area (Å²) in [7, 11) is 2.85. The number of ketones is 5. The molecule has 2 unspecified atom stereocenters. The summed E-state index contributed by atoms with van der Waals surface area (Å²) >= 11 is 0. The highest BCUT2D eigenvalue weighted by Gasteiger charge is 2.78. The SMILES string of the molecule is CN(C)[C@@H]1C(=O)C(C(N)=O)C(=O)[C@@]2(C#N)C(=O)C3C(=O)c4c(ccc(CC(=O)c5ccno5)c4O)C[C@@]3(N)C[C@@]12N. The third-order valence-corrected chi connectivity index (χ3v) is 8.61. The highest BCUT2D eigenvalue weighted by molar-refractivity contribution is 6.33. The molecule has 14 nitrogen and oxygen atoms in total. The molecule has 0 aliphatic heterocycles. The highest BCUT2D eigenvalue weighted by Crippen LogP contribution is 2.56. The van der Waals surface area contributed by atoms with Crippen LogP contribution in [0.4, 0.5) is 0 Å². The number of primary amides is 1. The van der Waals surface area contributed by atoms with E-state index in [-0.39, 0.29) is 35.3 Å². The molecule has 212 valence electrons. The van der Waals surface area contributed by atoms with E-state index in [2.05, 4.69) is 5.16 Å². The van der Waals surface area contributed by atoms with E-state index in [4.69, 9.17) is 21.7 Å². The van der Waals surface area contributed by atoms with E-state index in [1.807, 2.05) is 0 Å². The van der Waals surface area contributed by atoms with Gasteiger partial charge in [0.15, 0.2) is 34.5 Å². The van der Waals surface area contributed by atoms with E-state index < -0.39 is 81.4 Å². The Morgan fingerprint density at radius 2 is 1.85 bits per heavy atom. The summed E-state index contributed by atoms with van der Waals surface area (Å²) in [6, 6.07) is 4.40. The lowest BCUT2D eigenvalue weighted by atomic mass is 9.43. The third kappa shape index (κ3) is 3.49. The first-order chi connectivity index (χ1) is 19.2. The van der Waals surface area contributed by atoms with Crippen LogP contribution < -0.4 is 17.2 Å². The maximum atomic E-state index is 14.3. The van der Waals surface area contributed by atoms with Crippen molar-refractivity contribution in [3.63, 3.8) is 0 Å². The van der Waals surface area contributed by atoms with Gasteiger partial charge in [-0.2, -0.15) is 5.26 Å². The number of aromatic hydroxyl groups is 1. The number of amides is 1. The first kappa shape index (κ1) is 28.0. The Morgan fingerprint density at radius 1 is 1.17 bits per heavy atom. The molecule has 1 heterocycles. The normalized spacial score (nSPS) is 32.6. The Kier molecular flexibility index (Phi) is 6.11. The number of rotatable bonds is 5. The van der Waals surface area contributed by atoms with Gasteiger partial charge in [0.05, 0.1) is 29.4 Å². The molecule has 1 amide bonds. The number of nitriles is 1. The van der Waals surface area contributed by atoms with Crippen molar-refractivity contribution in [2.75, 3.05) is 14.1 Å². The number of nitrogens with two attached hydrogens (primary N) is 3. The molecule has 14 heteroatoms. The van der Waals surface area contributed by atoms with Crippen molar-refractivity contribution >= 4 is 34.8 Å². The number of phenols is 1. The highest BCUT2D eigenvalue weighted by atomic mass is 16.5. The van der Waals surface area contributed by atoms with Gasteiger partial charge in [-0.05, 0) is 32.5 Å². The van der Waals surface area contributed by atoms with Crippen LogP contribution in [0.15, 0.2) is 28.9 Å². The van der Waals surface area contributed by atoms with Gasteiger partial charge in [-0.1, -0.05) is 17.3 Å². The topological polar surface area (TPSA) is 254 Å². The van der Waals surface area contributed by atoms with Gasteiger partial charge in [0.2, 0.25) is 17.5 Å². The smallest absolute Gasteiger partial charge is 0.235 e. The standard InChI is InChI=1S/C27H26N6O8/c1-33(2)21-20(37)16(24(29)40)22(38)26(10-28)23(39)17-19(36)15-12(8-25(17,30)9-27(21,26)31)4-3-11(18(15)35)7-13(34)14-5-6-32-41-14/h3-6,16-17,21,35H,7-9,30-31H2,1-2H3,(H2,29,40)/t16?,17?,21-,25-,26+,27-/m1/s1. The molecule has 6 atom stereocenters. The summed E-state index contributed by atoms with van der Waals surface area (Å²) in [5.74, 6) is -11.2. The Labute approximate surface area is 232 Å². The zero-order valence-corrected chi connectivity index (χ0v) is 22.0. The van der Waals surface area contributed by atoms with Crippen molar-refractivity contribution in [3.8, 4) is 11.8 Å². The number of nitrogens with zero attached hydrogens (tertiary/aromatic N) is 3. The summed E-state index contributed by atoms with van der Waals surface area (Å²) in [6.45, 7) is 0. The van der Waals surface area contributed by atoms with Crippen LogP contribution in [0.5, 0.6) is 5.75 Å². The zero-order chi connectivity index (χ0) is 30.2. The number of benzene rings is 1. The largest absolute Gasteiger partial charge is 0.507 e. The number of Topliss-reactive ketones (excluding diaryl/α,β-unsaturated/α-hetero) is 5. The predicted molar refractivity (Wildman–Crippen MR) is 136 cm³/mol. The van der Waals surface area contributed by atoms with E-state index in [0.29, 0.717) is 0 Å². The van der Waals surface area contributed by atoms with E-state index in [1.165, 1.54) is 43.4 Å².